The topological polar surface area (TPSA) is 70.7 Å². The minimum Gasteiger partial charge on any atom is -0.348 e. The minimum absolute atomic E-state index is 0.202. The van der Waals surface area contributed by atoms with Crippen molar-refractivity contribution in [2.24, 2.45) is 0 Å². The highest BCUT2D eigenvalue weighted by Crippen LogP contribution is 2.15. The van der Waals surface area contributed by atoms with Crippen LogP contribution in [0.1, 0.15) is 11.3 Å². The normalized spacial score (nSPS) is 11.1. The van der Waals surface area contributed by atoms with Crippen molar-refractivity contribution >= 4 is 34.6 Å². The van der Waals surface area contributed by atoms with E-state index in [1.54, 1.807) is 18.3 Å². The van der Waals surface area contributed by atoms with E-state index < -0.39 is 0 Å². The van der Waals surface area contributed by atoms with Crippen LogP contribution in [0.25, 0.3) is 17.1 Å². The van der Waals surface area contributed by atoms with Crippen LogP contribution < -0.4 is 5.32 Å². The molecule has 1 aromatic carbocycles. The number of rotatable bonds is 4. The summed E-state index contributed by atoms with van der Waals surface area (Å²) in [5.41, 5.74) is 2.25. The van der Waals surface area contributed by atoms with E-state index in [9.17, 15) is 4.79 Å². The van der Waals surface area contributed by atoms with Gasteiger partial charge in [-0.05, 0) is 29.8 Å². The number of nitrogens with one attached hydrogen (secondary N) is 2. The maximum atomic E-state index is 11.9. The van der Waals surface area contributed by atoms with Gasteiger partial charge in [-0.25, -0.2) is 4.98 Å². The Balaban J connectivity index is 1.65. The lowest BCUT2D eigenvalue weighted by Gasteiger charge is -2.04. The number of H-pyrrole nitrogens is 1. The lowest BCUT2D eigenvalue weighted by Crippen LogP contribution is -2.20. The second-order valence-corrected chi connectivity index (χ2v) is 5.06. The van der Waals surface area contributed by atoms with Gasteiger partial charge in [-0.1, -0.05) is 29.8 Å². The Morgan fingerprint density at radius 3 is 3.00 bits per heavy atom. The first-order valence-electron chi connectivity index (χ1n) is 6.72. The van der Waals surface area contributed by atoms with Crippen molar-refractivity contribution in [2.45, 2.75) is 6.54 Å². The Bertz CT molecular complexity index is 841. The number of pyridine rings is 1. The van der Waals surface area contributed by atoms with Crippen LogP contribution in [0.15, 0.2) is 48.7 Å². The molecule has 3 aromatic rings. The zero-order valence-corrected chi connectivity index (χ0v) is 12.3. The fourth-order valence-electron chi connectivity index (χ4n) is 2.04. The predicted molar refractivity (Wildman–Crippen MR) is 86.2 cm³/mol. The van der Waals surface area contributed by atoms with Crippen molar-refractivity contribution in [1.82, 2.24) is 20.5 Å². The molecular weight excluding hydrogens is 300 g/mol. The quantitative estimate of drug-likeness (QED) is 0.728. The summed E-state index contributed by atoms with van der Waals surface area (Å²) < 4.78 is 0. The Morgan fingerprint density at radius 2 is 2.14 bits per heavy atom. The van der Waals surface area contributed by atoms with E-state index in [1.165, 1.54) is 6.08 Å². The van der Waals surface area contributed by atoms with Gasteiger partial charge in [-0.15, -0.1) is 0 Å². The maximum Gasteiger partial charge on any atom is 0.244 e. The molecule has 5 nitrogen and oxygen atoms in total. The van der Waals surface area contributed by atoms with Crippen molar-refractivity contribution in [3.63, 3.8) is 0 Å². The van der Waals surface area contributed by atoms with Crippen molar-refractivity contribution in [3.8, 4) is 0 Å². The molecule has 0 bridgehead atoms. The van der Waals surface area contributed by atoms with E-state index in [2.05, 4.69) is 20.5 Å². The van der Waals surface area contributed by atoms with Gasteiger partial charge < -0.3 is 5.32 Å². The average molecular weight is 313 g/mol. The van der Waals surface area contributed by atoms with E-state index in [0.717, 1.165) is 16.6 Å². The van der Waals surface area contributed by atoms with Crippen LogP contribution >= 0.6 is 11.6 Å². The van der Waals surface area contributed by atoms with Crippen molar-refractivity contribution in [3.05, 3.63) is 65.0 Å². The number of benzene rings is 1. The molecule has 110 valence electrons. The van der Waals surface area contributed by atoms with Crippen LogP contribution in [0, 0.1) is 0 Å². The molecule has 3 rings (SSSR count). The molecule has 6 heteroatoms. The van der Waals surface area contributed by atoms with Gasteiger partial charge in [0.1, 0.15) is 0 Å². The molecule has 0 fully saturated rings. The van der Waals surface area contributed by atoms with E-state index in [0.29, 0.717) is 17.2 Å². The molecule has 2 N–H and O–H groups in total. The van der Waals surface area contributed by atoms with Crippen molar-refractivity contribution in [1.29, 1.82) is 0 Å². The van der Waals surface area contributed by atoms with Crippen LogP contribution in [0.3, 0.4) is 0 Å². The first-order valence-corrected chi connectivity index (χ1v) is 7.10. The number of aromatic amines is 1. The molecule has 1 amide bonds. The van der Waals surface area contributed by atoms with Crippen LogP contribution in [-0.2, 0) is 11.3 Å². The zero-order chi connectivity index (χ0) is 15.4. The molecule has 0 saturated carbocycles. The van der Waals surface area contributed by atoms with E-state index in [4.69, 9.17) is 11.6 Å². The Morgan fingerprint density at radius 1 is 1.27 bits per heavy atom. The highest BCUT2D eigenvalue weighted by Gasteiger charge is 2.04. The van der Waals surface area contributed by atoms with Gasteiger partial charge >= 0.3 is 0 Å². The number of hydrogen-bond acceptors (Lipinski definition) is 3. The molecule has 0 atom stereocenters. The fourth-order valence-corrected chi connectivity index (χ4v) is 2.24. The number of hydrogen-bond donors (Lipinski definition) is 2. The fraction of sp³-hybridized carbons (Fsp3) is 0.0625. The molecule has 2 heterocycles. The van der Waals surface area contributed by atoms with Gasteiger partial charge in [-0.2, -0.15) is 5.10 Å². The van der Waals surface area contributed by atoms with E-state index in [-0.39, 0.29) is 5.91 Å². The third kappa shape index (κ3) is 3.15. The number of carbonyl (C=O) groups excluding carboxylic acids is 1. The molecule has 0 aliphatic heterocycles. The summed E-state index contributed by atoms with van der Waals surface area (Å²) in [6, 6.07) is 11.1. The van der Waals surface area contributed by atoms with Crippen LogP contribution in [0.2, 0.25) is 5.02 Å². The number of carbonyl (C=O) groups is 1. The number of fused-ring (bicyclic) bond motifs is 1. The SMILES string of the molecule is O=C(C=Cc1[nH]nc2ncccc12)NCc1ccccc1Cl. The summed E-state index contributed by atoms with van der Waals surface area (Å²) in [6.07, 6.45) is 4.81. The summed E-state index contributed by atoms with van der Waals surface area (Å²) in [7, 11) is 0. The van der Waals surface area contributed by atoms with Crippen LogP contribution in [-0.4, -0.2) is 21.1 Å². The number of aromatic nitrogens is 3. The Hall–Kier alpha value is -2.66. The lowest BCUT2D eigenvalue weighted by atomic mass is 10.2. The molecule has 22 heavy (non-hydrogen) atoms. The minimum atomic E-state index is -0.202. The van der Waals surface area contributed by atoms with Gasteiger partial charge in [0.25, 0.3) is 0 Å². The maximum absolute atomic E-state index is 11.9. The first-order chi connectivity index (χ1) is 10.7. The lowest BCUT2D eigenvalue weighted by molar-refractivity contribution is -0.116. The average Bonchev–Trinajstić information content (AvgIpc) is 2.95. The molecule has 0 saturated heterocycles. The van der Waals surface area contributed by atoms with E-state index in [1.807, 2.05) is 30.3 Å². The highest BCUT2D eigenvalue weighted by atomic mass is 35.5. The van der Waals surface area contributed by atoms with Crippen LogP contribution in [0.5, 0.6) is 0 Å². The van der Waals surface area contributed by atoms with Gasteiger partial charge in [-0.3, -0.25) is 9.89 Å². The highest BCUT2D eigenvalue weighted by molar-refractivity contribution is 6.31. The van der Waals surface area contributed by atoms with Gasteiger partial charge in [0.05, 0.1) is 5.69 Å². The standard InChI is InChI=1S/C16H13ClN4O/c17-13-6-2-1-4-11(13)10-19-15(22)8-7-14-12-5-3-9-18-16(12)21-20-14/h1-9H,10H2,(H,19,22)(H,18,20,21). The molecule has 2 aromatic heterocycles. The van der Waals surface area contributed by atoms with Gasteiger partial charge in [0.15, 0.2) is 5.65 Å². The second-order valence-electron chi connectivity index (χ2n) is 4.65. The largest absolute Gasteiger partial charge is 0.348 e. The summed E-state index contributed by atoms with van der Waals surface area (Å²) in [5, 5.41) is 11.2. The Labute approximate surface area is 132 Å². The summed E-state index contributed by atoms with van der Waals surface area (Å²) >= 11 is 6.04. The first kappa shape index (κ1) is 14.3. The molecule has 0 unspecified atom stereocenters. The van der Waals surface area contributed by atoms with Crippen LogP contribution in [0.4, 0.5) is 0 Å². The third-order valence-corrected chi connectivity index (χ3v) is 3.54. The summed E-state index contributed by atoms with van der Waals surface area (Å²) in [6.45, 7) is 0.383. The molecule has 0 spiro atoms. The molecular formula is C16H13ClN4O. The molecule has 0 aliphatic rings. The van der Waals surface area contributed by atoms with Gasteiger partial charge in [0.2, 0.25) is 5.91 Å². The Kier molecular flexibility index (Phi) is 4.16. The smallest absolute Gasteiger partial charge is 0.244 e. The predicted octanol–water partition coefficient (Wildman–Crippen LogP) is 2.94. The monoisotopic (exact) mass is 312 g/mol. The summed E-state index contributed by atoms with van der Waals surface area (Å²) in [4.78, 5) is 16.0. The number of halogens is 1. The molecule has 0 radical (unpaired) electrons. The number of amides is 1. The third-order valence-electron chi connectivity index (χ3n) is 3.17. The second kappa shape index (κ2) is 6.41. The van der Waals surface area contributed by atoms with Gasteiger partial charge in [0, 0.05) is 29.2 Å². The number of nitrogens with zero attached hydrogens (tertiary/aromatic N) is 2. The zero-order valence-electron chi connectivity index (χ0n) is 11.6. The van der Waals surface area contributed by atoms with Crippen molar-refractivity contribution in [2.75, 3.05) is 0 Å². The van der Waals surface area contributed by atoms with E-state index >= 15 is 0 Å². The van der Waals surface area contributed by atoms with Crippen molar-refractivity contribution < 1.29 is 4.79 Å². The molecule has 0 aliphatic carbocycles. The summed E-state index contributed by atoms with van der Waals surface area (Å²) in [5.74, 6) is -0.202.